The van der Waals surface area contributed by atoms with Crippen molar-refractivity contribution in [3.8, 4) is 5.75 Å². The summed E-state index contributed by atoms with van der Waals surface area (Å²) in [4.78, 5) is 11.3. The van der Waals surface area contributed by atoms with E-state index >= 15 is 0 Å². The van der Waals surface area contributed by atoms with E-state index in [0.717, 1.165) is 11.7 Å². The van der Waals surface area contributed by atoms with Crippen molar-refractivity contribution in [2.24, 2.45) is 5.92 Å². The normalized spacial score (nSPS) is 25.4. The molecule has 1 aliphatic heterocycles. The highest BCUT2D eigenvalue weighted by molar-refractivity contribution is 5.76. The molecule has 14 heavy (non-hydrogen) atoms. The Kier molecular flexibility index (Phi) is 1.63. The molecule has 2 nitrogen and oxygen atoms in total. The van der Waals surface area contributed by atoms with Crippen molar-refractivity contribution in [3.63, 3.8) is 0 Å². The van der Waals surface area contributed by atoms with Crippen LogP contribution < -0.4 is 4.74 Å². The summed E-state index contributed by atoms with van der Waals surface area (Å²) in [5, 5.41) is 0. The maximum absolute atomic E-state index is 11.3. The molecule has 72 valence electrons. The summed E-state index contributed by atoms with van der Waals surface area (Å²) in [5.41, 5.74) is 1.23. The van der Waals surface area contributed by atoms with Crippen molar-refractivity contribution in [2.75, 3.05) is 0 Å². The number of fused-ring (bicyclic) bond motifs is 1. The molecule has 1 aromatic carbocycles. The molecular weight excluding hydrogens is 176 g/mol. The zero-order chi connectivity index (χ0) is 9.54. The Balaban J connectivity index is 2.04. The third kappa shape index (κ3) is 1.22. The fourth-order valence-electron chi connectivity index (χ4n) is 2.25. The standard InChI is InChI=1S/C12H12O2/c13-12-7-10(8-5-6-8)9-3-1-2-4-11(9)14-12/h1-4,8,10H,5-7H2. The second-order valence-corrected chi connectivity index (χ2v) is 4.16. The predicted molar refractivity (Wildman–Crippen MR) is 52.2 cm³/mol. The van der Waals surface area contributed by atoms with Gasteiger partial charge in [0.05, 0.1) is 6.42 Å². The van der Waals surface area contributed by atoms with E-state index in [0.29, 0.717) is 12.3 Å². The van der Waals surface area contributed by atoms with Crippen LogP contribution in [0.25, 0.3) is 0 Å². The Labute approximate surface area is 82.9 Å². The van der Waals surface area contributed by atoms with Crippen LogP contribution in [0.5, 0.6) is 5.75 Å². The van der Waals surface area contributed by atoms with E-state index < -0.39 is 0 Å². The molecule has 2 heteroatoms. The van der Waals surface area contributed by atoms with E-state index in [9.17, 15) is 4.79 Å². The molecule has 0 amide bonds. The van der Waals surface area contributed by atoms with Crippen LogP contribution in [0.3, 0.4) is 0 Å². The van der Waals surface area contributed by atoms with E-state index in [2.05, 4.69) is 6.07 Å². The van der Waals surface area contributed by atoms with E-state index in [-0.39, 0.29) is 5.97 Å². The number of benzene rings is 1. The molecule has 0 saturated heterocycles. The van der Waals surface area contributed by atoms with Crippen molar-refractivity contribution < 1.29 is 9.53 Å². The highest BCUT2D eigenvalue weighted by Crippen LogP contribution is 2.48. The Bertz CT molecular complexity index is 380. The third-order valence-electron chi connectivity index (χ3n) is 3.12. The van der Waals surface area contributed by atoms with Crippen molar-refractivity contribution in [3.05, 3.63) is 29.8 Å². The SMILES string of the molecule is O=C1CC(C2CC2)c2ccccc2O1. The first-order valence-electron chi connectivity index (χ1n) is 5.14. The van der Waals surface area contributed by atoms with E-state index in [4.69, 9.17) is 4.74 Å². The number of hydrogen-bond acceptors (Lipinski definition) is 2. The Hall–Kier alpha value is -1.31. The minimum Gasteiger partial charge on any atom is -0.426 e. The van der Waals surface area contributed by atoms with Gasteiger partial charge in [-0.25, -0.2) is 0 Å². The van der Waals surface area contributed by atoms with Gasteiger partial charge in [-0.2, -0.15) is 0 Å². The number of carbonyl (C=O) groups is 1. The number of esters is 1. The maximum atomic E-state index is 11.3. The highest BCUT2D eigenvalue weighted by atomic mass is 16.5. The number of hydrogen-bond donors (Lipinski definition) is 0. The van der Waals surface area contributed by atoms with Gasteiger partial charge in [0.25, 0.3) is 0 Å². The molecule has 1 aromatic rings. The molecule has 1 fully saturated rings. The number of para-hydroxylation sites is 1. The van der Waals surface area contributed by atoms with E-state index in [1.807, 2.05) is 18.2 Å². The van der Waals surface area contributed by atoms with Gasteiger partial charge in [-0.1, -0.05) is 18.2 Å². The molecular formula is C12H12O2. The molecule has 0 spiro atoms. The lowest BCUT2D eigenvalue weighted by Gasteiger charge is -2.23. The first kappa shape index (κ1) is 8.04. The van der Waals surface area contributed by atoms with Crippen LogP contribution >= 0.6 is 0 Å². The molecule has 3 rings (SSSR count). The summed E-state index contributed by atoms with van der Waals surface area (Å²) in [7, 11) is 0. The van der Waals surface area contributed by atoms with Crippen LogP contribution in [-0.2, 0) is 4.79 Å². The zero-order valence-corrected chi connectivity index (χ0v) is 7.90. The summed E-state index contributed by atoms with van der Waals surface area (Å²) >= 11 is 0. The summed E-state index contributed by atoms with van der Waals surface area (Å²) in [6.45, 7) is 0. The summed E-state index contributed by atoms with van der Waals surface area (Å²) in [6.07, 6.45) is 3.11. The largest absolute Gasteiger partial charge is 0.426 e. The average Bonchev–Trinajstić information content (AvgIpc) is 2.99. The van der Waals surface area contributed by atoms with Gasteiger partial charge in [-0.3, -0.25) is 4.79 Å². The van der Waals surface area contributed by atoms with Gasteiger partial charge in [-0.05, 0) is 30.4 Å². The second-order valence-electron chi connectivity index (χ2n) is 4.16. The van der Waals surface area contributed by atoms with Gasteiger partial charge in [-0.15, -0.1) is 0 Å². The minimum absolute atomic E-state index is 0.0689. The van der Waals surface area contributed by atoms with Crippen LogP contribution in [0, 0.1) is 5.92 Å². The lowest BCUT2D eigenvalue weighted by atomic mass is 9.89. The molecule has 1 atom stereocenters. The summed E-state index contributed by atoms with van der Waals surface area (Å²) in [6, 6.07) is 7.92. The maximum Gasteiger partial charge on any atom is 0.311 e. The minimum atomic E-state index is -0.0689. The molecule has 0 N–H and O–H groups in total. The van der Waals surface area contributed by atoms with Crippen molar-refractivity contribution >= 4 is 5.97 Å². The molecule has 1 aliphatic carbocycles. The Morgan fingerprint density at radius 1 is 1.21 bits per heavy atom. The van der Waals surface area contributed by atoms with Gasteiger partial charge >= 0.3 is 5.97 Å². The molecule has 1 unspecified atom stereocenters. The summed E-state index contributed by atoms with van der Waals surface area (Å²) in [5.74, 6) is 1.86. The van der Waals surface area contributed by atoms with Crippen LogP contribution in [0.1, 0.15) is 30.7 Å². The van der Waals surface area contributed by atoms with Gasteiger partial charge in [0, 0.05) is 5.92 Å². The first-order chi connectivity index (χ1) is 6.84. The fourth-order valence-corrected chi connectivity index (χ4v) is 2.25. The van der Waals surface area contributed by atoms with Crippen LogP contribution in [0.4, 0.5) is 0 Å². The number of ether oxygens (including phenoxy) is 1. The molecule has 1 saturated carbocycles. The van der Waals surface area contributed by atoms with Crippen molar-refractivity contribution in [2.45, 2.75) is 25.2 Å². The quantitative estimate of drug-likeness (QED) is 0.500. The molecule has 0 aromatic heterocycles. The van der Waals surface area contributed by atoms with Gasteiger partial charge in [0.2, 0.25) is 0 Å². The topological polar surface area (TPSA) is 26.3 Å². The molecule has 0 bridgehead atoms. The second kappa shape index (κ2) is 2.84. The smallest absolute Gasteiger partial charge is 0.311 e. The molecule has 0 radical (unpaired) electrons. The lowest BCUT2D eigenvalue weighted by Crippen LogP contribution is -2.21. The van der Waals surface area contributed by atoms with Gasteiger partial charge in [0.1, 0.15) is 5.75 Å². The fraction of sp³-hybridized carbons (Fsp3) is 0.417. The number of carbonyl (C=O) groups excluding carboxylic acids is 1. The average molecular weight is 188 g/mol. The van der Waals surface area contributed by atoms with Crippen LogP contribution in [0.2, 0.25) is 0 Å². The lowest BCUT2D eigenvalue weighted by molar-refractivity contribution is -0.136. The molecule has 1 heterocycles. The Morgan fingerprint density at radius 2 is 2.00 bits per heavy atom. The number of rotatable bonds is 1. The van der Waals surface area contributed by atoms with Crippen LogP contribution in [-0.4, -0.2) is 5.97 Å². The van der Waals surface area contributed by atoms with E-state index in [1.54, 1.807) is 0 Å². The highest BCUT2D eigenvalue weighted by Gasteiger charge is 2.38. The Morgan fingerprint density at radius 3 is 2.79 bits per heavy atom. The van der Waals surface area contributed by atoms with Crippen LogP contribution in [0.15, 0.2) is 24.3 Å². The van der Waals surface area contributed by atoms with Gasteiger partial charge < -0.3 is 4.74 Å². The zero-order valence-electron chi connectivity index (χ0n) is 7.90. The monoisotopic (exact) mass is 188 g/mol. The summed E-state index contributed by atoms with van der Waals surface area (Å²) < 4.78 is 5.20. The van der Waals surface area contributed by atoms with Crippen molar-refractivity contribution in [1.82, 2.24) is 0 Å². The van der Waals surface area contributed by atoms with Crippen molar-refractivity contribution in [1.29, 1.82) is 0 Å². The van der Waals surface area contributed by atoms with Gasteiger partial charge in [0.15, 0.2) is 0 Å². The third-order valence-corrected chi connectivity index (χ3v) is 3.12. The predicted octanol–water partition coefficient (Wildman–Crippen LogP) is 2.49. The van der Waals surface area contributed by atoms with E-state index in [1.165, 1.54) is 18.4 Å². The first-order valence-corrected chi connectivity index (χ1v) is 5.14. The molecule has 2 aliphatic rings.